The van der Waals surface area contributed by atoms with Gasteiger partial charge in [0.15, 0.2) is 31.5 Å². The van der Waals surface area contributed by atoms with E-state index < -0.39 is 209 Å². The van der Waals surface area contributed by atoms with Gasteiger partial charge in [0.1, 0.15) is 97.7 Å². The summed E-state index contributed by atoms with van der Waals surface area (Å²) in [4.78, 5) is 0. The Kier molecular flexibility index (Phi) is 21.9. The van der Waals surface area contributed by atoms with Crippen LogP contribution < -0.4 is 0 Å². The lowest BCUT2D eigenvalue weighted by Gasteiger charge is -2.64. The molecule has 5 saturated heterocycles. The van der Waals surface area contributed by atoms with E-state index >= 15 is 0 Å². The molecule has 27 heteroatoms. The zero-order chi connectivity index (χ0) is 62.9. The average Bonchev–Trinajstić information content (AvgIpc) is 1.23. The van der Waals surface area contributed by atoms with Crippen LogP contribution in [0, 0.1) is 45.8 Å². The fourth-order valence-electron chi connectivity index (χ4n) is 16.5. The topological polar surface area (TPSA) is 436 Å². The van der Waals surface area contributed by atoms with E-state index in [9.17, 15) is 86.8 Å². The highest BCUT2D eigenvalue weighted by Gasteiger charge is 2.67. The predicted molar refractivity (Wildman–Crippen MR) is 293 cm³/mol. The summed E-state index contributed by atoms with van der Waals surface area (Å²) in [5.41, 5.74) is -1.77. The molecule has 498 valence electrons. The van der Waals surface area contributed by atoms with Gasteiger partial charge in [-0.1, -0.05) is 46.3 Å². The minimum atomic E-state index is -1.77. The second kappa shape index (κ2) is 27.3. The number of fused-ring (bicyclic) bond motifs is 5. The van der Waals surface area contributed by atoms with Crippen molar-refractivity contribution in [3.8, 4) is 0 Å². The minimum Gasteiger partial charge on any atom is -0.394 e. The van der Waals surface area contributed by atoms with E-state index in [2.05, 4.69) is 40.7 Å². The smallest absolute Gasteiger partial charge is 0.187 e. The van der Waals surface area contributed by atoms with Gasteiger partial charge in [-0.2, -0.15) is 0 Å². The molecule has 5 aliphatic heterocycles. The number of aliphatic hydroxyl groups excluding tert-OH is 16. The number of hydrogen-bond acceptors (Lipinski definition) is 27. The molecule has 8 fully saturated rings. The van der Waals surface area contributed by atoms with Gasteiger partial charge in [0, 0.05) is 23.7 Å². The summed E-state index contributed by atoms with van der Waals surface area (Å²) in [7, 11) is 0. The third-order valence-electron chi connectivity index (χ3n) is 21.8. The first-order chi connectivity index (χ1) is 40.4. The van der Waals surface area contributed by atoms with Crippen molar-refractivity contribution in [2.45, 2.75) is 278 Å². The van der Waals surface area contributed by atoms with Crippen LogP contribution in [0.3, 0.4) is 0 Å². The lowest BCUT2D eigenvalue weighted by atomic mass is 9.41. The minimum absolute atomic E-state index is 0.0338. The SMILES string of the molecule is C[C@H](CC[C@@H](O[C@@H]1O[C@H](CO[C@@H]2O[C@H](CO)[C@@H](O)[C@H](O)[C@H]2O)[C@@H](O)[C@H](O)[C@H]1O[C@H]1C[C@@H](O)C[C@@H](CO)O1)C(C)(C)O)[C@H]1CC[C@]2(C)C1C[C@@H](O)[C@]1(C)C2CC=C2[C@H]1CC[C@H](O[C@@H]1O[C@H](CO[C@@H]3O[C@H](CO)[C@@H](O)[C@H](O)[C@H]3O)[C@@H](O)[C@H](O)[C@H]1O)C2(C)C. The summed E-state index contributed by atoms with van der Waals surface area (Å²) in [5, 5.41) is 183. The van der Waals surface area contributed by atoms with Gasteiger partial charge >= 0.3 is 0 Å². The number of rotatable bonds is 20. The molecule has 0 aromatic carbocycles. The van der Waals surface area contributed by atoms with Crippen LogP contribution in [-0.2, 0) is 47.4 Å². The summed E-state index contributed by atoms with van der Waals surface area (Å²) in [6.07, 6.45) is -29.3. The summed E-state index contributed by atoms with van der Waals surface area (Å²) in [5.74, 6) is 0.429. The Hall–Kier alpha value is -1.34. The van der Waals surface area contributed by atoms with Crippen LogP contribution in [0.2, 0.25) is 0 Å². The van der Waals surface area contributed by atoms with E-state index in [0.717, 1.165) is 18.4 Å². The van der Waals surface area contributed by atoms with E-state index in [1.54, 1.807) is 13.8 Å². The van der Waals surface area contributed by atoms with Gasteiger partial charge in [0.2, 0.25) is 0 Å². The van der Waals surface area contributed by atoms with Gasteiger partial charge in [-0.3, -0.25) is 0 Å². The fourth-order valence-corrected chi connectivity index (χ4v) is 16.5. The molecule has 0 amide bonds. The molecule has 9 aliphatic rings. The van der Waals surface area contributed by atoms with Crippen LogP contribution in [-0.4, -0.2) is 285 Å². The van der Waals surface area contributed by atoms with Gasteiger partial charge in [-0.05, 0) is 100 Å². The molecule has 33 atom stereocenters. The summed E-state index contributed by atoms with van der Waals surface area (Å²) < 4.78 is 59.9. The zero-order valence-electron chi connectivity index (χ0n) is 50.3. The monoisotopic (exact) mass is 1240 g/mol. The molecule has 0 radical (unpaired) electrons. The molecule has 27 nitrogen and oxygen atoms in total. The molecule has 17 N–H and O–H groups in total. The molecule has 4 aliphatic carbocycles. The highest BCUT2D eigenvalue weighted by Crippen LogP contribution is 2.71. The lowest BCUT2D eigenvalue weighted by Crippen LogP contribution is -2.63. The van der Waals surface area contributed by atoms with Gasteiger partial charge in [0.05, 0.1) is 69.2 Å². The maximum Gasteiger partial charge on any atom is 0.187 e. The third kappa shape index (κ3) is 13.3. The predicted octanol–water partition coefficient (Wildman–Crippen LogP) is -3.74. The summed E-state index contributed by atoms with van der Waals surface area (Å²) in [6.45, 7) is 11.1. The van der Waals surface area contributed by atoms with E-state index in [-0.39, 0.29) is 54.3 Å². The third-order valence-corrected chi connectivity index (χ3v) is 21.8. The van der Waals surface area contributed by atoms with Crippen LogP contribution in [0.15, 0.2) is 11.6 Å². The molecule has 0 aromatic heterocycles. The Balaban J connectivity index is 0.860. The molecule has 0 bridgehead atoms. The molecule has 5 heterocycles. The van der Waals surface area contributed by atoms with Gasteiger partial charge in [-0.25, -0.2) is 0 Å². The van der Waals surface area contributed by atoms with E-state index in [4.69, 9.17) is 47.4 Å². The molecule has 2 unspecified atom stereocenters. The van der Waals surface area contributed by atoms with Crippen LogP contribution in [0.1, 0.15) is 113 Å². The quantitative estimate of drug-likeness (QED) is 0.0521. The highest BCUT2D eigenvalue weighted by molar-refractivity contribution is 5.31. The largest absolute Gasteiger partial charge is 0.394 e. The maximum absolute atomic E-state index is 12.7. The first kappa shape index (κ1) is 69.0. The van der Waals surface area contributed by atoms with Crippen LogP contribution in [0.5, 0.6) is 0 Å². The Morgan fingerprint density at radius 1 is 0.581 bits per heavy atom. The molecular weight excluding hydrogens is 1140 g/mol. The number of ether oxygens (including phenoxy) is 10. The van der Waals surface area contributed by atoms with E-state index in [0.29, 0.717) is 32.1 Å². The van der Waals surface area contributed by atoms with E-state index in [1.807, 2.05) is 0 Å². The average molecular weight is 1240 g/mol. The summed E-state index contributed by atoms with van der Waals surface area (Å²) in [6, 6.07) is 0. The molecule has 3 saturated carbocycles. The van der Waals surface area contributed by atoms with Crippen LogP contribution in [0.4, 0.5) is 0 Å². The van der Waals surface area contributed by atoms with Crippen molar-refractivity contribution in [3.63, 3.8) is 0 Å². The van der Waals surface area contributed by atoms with Crippen LogP contribution in [0.25, 0.3) is 0 Å². The van der Waals surface area contributed by atoms with Crippen molar-refractivity contribution in [2.75, 3.05) is 33.0 Å². The Bertz CT molecular complexity index is 2220. The van der Waals surface area contributed by atoms with Crippen molar-refractivity contribution in [3.05, 3.63) is 11.6 Å². The fraction of sp³-hybridized carbons (Fsp3) is 0.966. The molecule has 9 rings (SSSR count). The second-order valence-corrected chi connectivity index (χ2v) is 27.9. The first-order valence-corrected chi connectivity index (χ1v) is 31.0. The van der Waals surface area contributed by atoms with Gasteiger partial charge < -0.3 is 134 Å². The zero-order valence-corrected chi connectivity index (χ0v) is 50.3. The highest BCUT2D eigenvalue weighted by atomic mass is 16.8. The van der Waals surface area contributed by atoms with Gasteiger partial charge in [0.25, 0.3) is 0 Å². The van der Waals surface area contributed by atoms with Crippen molar-refractivity contribution < 1.29 is 134 Å². The number of aliphatic hydroxyl groups is 17. The second-order valence-electron chi connectivity index (χ2n) is 27.9. The summed E-state index contributed by atoms with van der Waals surface area (Å²) >= 11 is 0. The Morgan fingerprint density at radius 3 is 1.67 bits per heavy atom. The van der Waals surface area contributed by atoms with Gasteiger partial charge in [-0.15, -0.1) is 0 Å². The van der Waals surface area contributed by atoms with Crippen molar-refractivity contribution in [1.82, 2.24) is 0 Å². The van der Waals surface area contributed by atoms with Crippen molar-refractivity contribution in [1.29, 1.82) is 0 Å². The number of hydrogen-bond donors (Lipinski definition) is 17. The normalized spacial score (nSPS) is 50.6. The van der Waals surface area contributed by atoms with Crippen molar-refractivity contribution >= 4 is 0 Å². The maximum atomic E-state index is 12.7. The molecule has 0 aromatic rings. The van der Waals surface area contributed by atoms with Crippen LogP contribution >= 0.6 is 0 Å². The standard InChI is InChI=1S/C59H100O27/c1-24(8-12-38(57(4,5)76)85-55-51(86-39-17-25(63)16-26(19-60)79-39)47(72)43(68)34(83-55)23-78-53-49(74)45(70)41(66)32(21-62)81-53)27-14-15-58(6)30(27)18-36(64)59(7)29-10-13-37(56(2,3)28(29)9-11-35(58)59)84-54-50(75)46(71)42(67)33(82-54)22-77-52-48(73)44(69)40(65)31(20-61)80-52/h9,24-27,29-55,60-76H,8,10-23H2,1-7H3/t24-,25+,26+,27-,29-,30?,31-,32-,33-,34-,35?,36-,37+,38-,39+,40-,41-,42-,43-,44+,45+,46+,47+,48-,49-,50-,51-,52-,53-,54+,55+,58-,59+/m1/s1. The molecular formula is C59H100O27. The first-order valence-electron chi connectivity index (χ1n) is 31.0. The molecule has 86 heavy (non-hydrogen) atoms. The Labute approximate surface area is 501 Å². The Morgan fingerprint density at radius 2 is 1.12 bits per heavy atom. The molecule has 0 spiro atoms. The van der Waals surface area contributed by atoms with E-state index in [1.165, 1.54) is 0 Å². The number of allylic oxidation sites excluding steroid dienone is 1. The van der Waals surface area contributed by atoms with Crippen molar-refractivity contribution in [2.24, 2.45) is 45.8 Å². The lowest BCUT2D eigenvalue weighted by molar-refractivity contribution is -0.365.